The number of ether oxygens (including phenoxy) is 1. The number of carbonyl (C=O) groups excluding carboxylic acids is 1. The van der Waals surface area contributed by atoms with E-state index in [9.17, 15) is 18.0 Å². The van der Waals surface area contributed by atoms with Crippen LogP contribution in [-0.4, -0.2) is 19.6 Å². The van der Waals surface area contributed by atoms with Crippen LogP contribution in [0.5, 0.6) is 5.75 Å². The number of alkyl halides is 3. The molecule has 0 aliphatic carbocycles. The molecule has 0 heterocycles. The molecule has 156 valence electrons. The van der Waals surface area contributed by atoms with Gasteiger partial charge in [-0.2, -0.15) is 13.2 Å². The Morgan fingerprint density at radius 1 is 0.900 bits per heavy atom. The van der Waals surface area contributed by atoms with E-state index < -0.39 is 11.7 Å². The van der Waals surface area contributed by atoms with Crippen molar-refractivity contribution in [1.82, 2.24) is 0 Å². The van der Waals surface area contributed by atoms with Crippen LogP contribution < -0.4 is 9.64 Å². The van der Waals surface area contributed by atoms with Crippen molar-refractivity contribution in [1.29, 1.82) is 0 Å². The van der Waals surface area contributed by atoms with Crippen molar-refractivity contribution in [2.24, 2.45) is 0 Å². The third-order valence-electron chi connectivity index (χ3n) is 4.77. The van der Waals surface area contributed by atoms with Crippen LogP contribution in [0.2, 0.25) is 0 Å². The second-order valence-corrected chi connectivity index (χ2v) is 6.85. The highest BCUT2D eigenvalue weighted by Crippen LogP contribution is 2.29. The van der Waals surface area contributed by atoms with Gasteiger partial charge in [-0.3, -0.25) is 4.79 Å². The van der Waals surface area contributed by atoms with Crippen molar-refractivity contribution in [2.75, 3.05) is 18.6 Å². The lowest BCUT2D eigenvalue weighted by molar-refractivity contribution is -0.137. The van der Waals surface area contributed by atoms with Gasteiger partial charge in [0.25, 0.3) is 0 Å². The molecule has 0 aliphatic rings. The summed E-state index contributed by atoms with van der Waals surface area (Å²) in [7, 11) is 1.55. The number of halogens is 3. The normalized spacial score (nSPS) is 11.2. The third-order valence-corrected chi connectivity index (χ3v) is 4.77. The van der Waals surface area contributed by atoms with E-state index in [1.54, 1.807) is 30.2 Å². The van der Waals surface area contributed by atoms with E-state index in [-0.39, 0.29) is 12.3 Å². The summed E-state index contributed by atoms with van der Waals surface area (Å²) >= 11 is 0. The zero-order valence-electron chi connectivity index (χ0n) is 16.5. The molecule has 30 heavy (non-hydrogen) atoms. The third kappa shape index (κ3) is 5.63. The maximum Gasteiger partial charge on any atom is 0.416 e. The van der Waals surface area contributed by atoms with Gasteiger partial charge in [0.2, 0.25) is 5.91 Å². The minimum Gasteiger partial charge on any atom is -0.497 e. The van der Waals surface area contributed by atoms with Gasteiger partial charge in [0.1, 0.15) is 5.75 Å². The van der Waals surface area contributed by atoms with Crippen molar-refractivity contribution in [3.63, 3.8) is 0 Å². The summed E-state index contributed by atoms with van der Waals surface area (Å²) in [6.45, 7) is 0.337. The maximum atomic E-state index is 13.1. The summed E-state index contributed by atoms with van der Waals surface area (Å²) in [5.41, 5.74) is 1.62. The molecule has 3 aromatic carbocycles. The second kappa shape index (κ2) is 9.48. The Balaban J connectivity index is 1.79. The van der Waals surface area contributed by atoms with Crippen molar-refractivity contribution in [3.05, 3.63) is 95.6 Å². The van der Waals surface area contributed by atoms with Crippen molar-refractivity contribution in [2.45, 2.75) is 19.0 Å². The molecule has 0 N–H and O–H groups in total. The molecular weight excluding hydrogens is 391 g/mol. The number of amides is 1. The van der Waals surface area contributed by atoms with E-state index in [2.05, 4.69) is 0 Å². The molecule has 0 spiro atoms. The summed E-state index contributed by atoms with van der Waals surface area (Å²) in [6, 6.07) is 21.6. The molecule has 0 atom stereocenters. The van der Waals surface area contributed by atoms with Gasteiger partial charge in [-0.1, -0.05) is 48.5 Å². The molecule has 0 saturated heterocycles. The van der Waals surface area contributed by atoms with E-state index in [4.69, 9.17) is 4.74 Å². The zero-order chi connectivity index (χ0) is 21.6. The standard InChI is InChI=1S/C24H22F3NO2/c1-30-22-9-5-8-21(17-22)28(23(29)16-19-6-3-2-4-7-19)15-14-18-10-12-20(13-11-18)24(25,26)27/h2-13,17H,14-16H2,1H3. The summed E-state index contributed by atoms with van der Waals surface area (Å²) < 4.78 is 43.6. The topological polar surface area (TPSA) is 29.5 Å². The van der Waals surface area contributed by atoms with Crippen LogP contribution in [0.15, 0.2) is 78.9 Å². The van der Waals surface area contributed by atoms with Crippen LogP contribution >= 0.6 is 0 Å². The highest BCUT2D eigenvalue weighted by molar-refractivity contribution is 5.95. The minimum atomic E-state index is -4.36. The average Bonchev–Trinajstić information content (AvgIpc) is 2.74. The molecule has 0 unspecified atom stereocenters. The van der Waals surface area contributed by atoms with E-state index in [1.807, 2.05) is 36.4 Å². The van der Waals surface area contributed by atoms with Crippen LogP contribution in [0.1, 0.15) is 16.7 Å². The Hall–Kier alpha value is -3.28. The summed E-state index contributed by atoms with van der Waals surface area (Å²) in [5.74, 6) is 0.529. The molecular formula is C24H22F3NO2. The molecule has 0 fully saturated rings. The summed E-state index contributed by atoms with van der Waals surface area (Å²) in [6.07, 6.45) is -3.71. The molecule has 1 amide bonds. The number of benzene rings is 3. The fourth-order valence-corrected chi connectivity index (χ4v) is 3.14. The number of anilines is 1. The molecule has 0 aromatic heterocycles. The zero-order valence-corrected chi connectivity index (χ0v) is 16.5. The Bertz CT molecular complexity index is 970. The number of carbonyl (C=O) groups is 1. The molecule has 3 aromatic rings. The molecule has 0 saturated carbocycles. The Morgan fingerprint density at radius 3 is 2.23 bits per heavy atom. The van der Waals surface area contributed by atoms with E-state index in [1.165, 1.54) is 12.1 Å². The van der Waals surface area contributed by atoms with Gasteiger partial charge < -0.3 is 9.64 Å². The number of hydrogen-bond acceptors (Lipinski definition) is 2. The van der Waals surface area contributed by atoms with Gasteiger partial charge >= 0.3 is 6.18 Å². The van der Waals surface area contributed by atoms with Crippen LogP contribution in [0, 0.1) is 0 Å². The van der Waals surface area contributed by atoms with Crippen molar-refractivity contribution < 1.29 is 22.7 Å². The summed E-state index contributed by atoms with van der Waals surface area (Å²) in [4.78, 5) is 14.7. The van der Waals surface area contributed by atoms with Crippen LogP contribution in [-0.2, 0) is 23.8 Å². The average molecular weight is 413 g/mol. The number of rotatable bonds is 7. The predicted octanol–water partition coefficient (Wildman–Crippen LogP) is 5.53. The van der Waals surface area contributed by atoms with Gasteiger partial charge in [-0.25, -0.2) is 0 Å². The fraction of sp³-hybridized carbons (Fsp3) is 0.208. The van der Waals surface area contributed by atoms with Gasteiger partial charge in [0.15, 0.2) is 0 Å². The molecule has 3 rings (SSSR count). The predicted molar refractivity (Wildman–Crippen MR) is 111 cm³/mol. The first-order valence-corrected chi connectivity index (χ1v) is 9.51. The van der Waals surface area contributed by atoms with Gasteiger partial charge in [0, 0.05) is 18.3 Å². The number of hydrogen-bond donors (Lipinski definition) is 0. The Labute approximate surface area is 173 Å². The van der Waals surface area contributed by atoms with E-state index in [0.717, 1.165) is 23.3 Å². The van der Waals surface area contributed by atoms with Crippen molar-refractivity contribution >= 4 is 11.6 Å². The lowest BCUT2D eigenvalue weighted by Crippen LogP contribution is -2.34. The Kier molecular flexibility index (Phi) is 6.77. The lowest BCUT2D eigenvalue weighted by Gasteiger charge is -2.24. The van der Waals surface area contributed by atoms with E-state index >= 15 is 0 Å². The van der Waals surface area contributed by atoms with Crippen LogP contribution in [0.3, 0.4) is 0 Å². The molecule has 3 nitrogen and oxygen atoms in total. The Morgan fingerprint density at radius 2 is 1.60 bits per heavy atom. The fourth-order valence-electron chi connectivity index (χ4n) is 3.14. The first-order valence-electron chi connectivity index (χ1n) is 9.51. The number of nitrogens with zero attached hydrogens (tertiary/aromatic N) is 1. The lowest BCUT2D eigenvalue weighted by atomic mass is 10.1. The molecule has 6 heteroatoms. The highest BCUT2D eigenvalue weighted by atomic mass is 19.4. The second-order valence-electron chi connectivity index (χ2n) is 6.85. The largest absolute Gasteiger partial charge is 0.497 e. The summed E-state index contributed by atoms with van der Waals surface area (Å²) in [5, 5.41) is 0. The van der Waals surface area contributed by atoms with Crippen molar-refractivity contribution in [3.8, 4) is 5.75 Å². The monoisotopic (exact) mass is 413 g/mol. The first-order chi connectivity index (χ1) is 14.4. The maximum absolute atomic E-state index is 13.1. The van der Waals surface area contributed by atoms with Gasteiger partial charge in [0.05, 0.1) is 19.1 Å². The van der Waals surface area contributed by atoms with Crippen LogP contribution in [0.25, 0.3) is 0 Å². The van der Waals surface area contributed by atoms with Crippen LogP contribution in [0.4, 0.5) is 18.9 Å². The molecule has 0 radical (unpaired) electrons. The van der Waals surface area contributed by atoms with Gasteiger partial charge in [-0.15, -0.1) is 0 Å². The first kappa shape index (κ1) is 21.4. The molecule has 0 bridgehead atoms. The quantitative estimate of drug-likeness (QED) is 0.510. The number of methoxy groups -OCH3 is 1. The smallest absolute Gasteiger partial charge is 0.416 e. The molecule has 0 aliphatic heterocycles. The minimum absolute atomic E-state index is 0.0960. The highest BCUT2D eigenvalue weighted by Gasteiger charge is 2.30. The van der Waals surface area contributed by atoms with E-state index in [0.29, 0.717) is 24.4 Å². The van der Waals surface area contributed by atoms with Gasteiger partial charge in [-0.05, 0) is 41.8 Å². The SMILES string of the molecule is COc1cccc(N(CCc2ccc(C(F)(F)F)cc2)C(=O)Cc2ccccc2)c1.